The van der Waals surface area contributed by atoms with Crippen LogP contribution in [0.2, 0.25) is 0 Å². The highest BCUT2D eigenvalue weighted by atomic mass is 16.1. The Morgan fingerprint density at radius 1 is 1.05 bits per heavy atom. The van der Waals surface area contributed by atoms with Crippen LogP contribution in [0.4, 0.5) is 5.82 Å². The minimum Gasteiger partial charge on any atom is -0.287 e. The molecule has 0 saturated heterocycles. The highest BCUT2D eigenvalue weighted by Crippen LogP contribution is 2.34. The molecule has 1 aliphatic rings. The summed E-state index contributed by atoms with van der Waals surface area (Å²) in [6.07, 6.45) is 1.70. The summed E-state index contributed by atoms with van der Waals surface area (Å²) in [5.41, 5.74) is 1.66. The molecule has 0 fully saturated rings. The fourth-order valence-electron chi connectivity index (χ4n) is 2.01. The molecule has 0 atom stereocenters. The molecule has 0 amide bonds. The minimum absolute atomic E-state index is 0.0632. The monoisotopic (exact) mass is 247 g/mol. The summed E-state index contributed by atoms with van der Waals surface area (Å²) >= 11 is 0. The second-order valence-corrected chi connectivity index (χ2v) is 3.84. The van der Waals surface area contributed by atoms with Gasteiger partial charge in [0.15, 0.2) is 17.7 Å². The Labute approximate surface area is 108 Å². The molecule has 88 valence electrons. The van der Waals surface area contributed by atoms with Gasteiger partial charge < -0.3 is 0 Å². The lowest BCUT2D eigenvalue weighted by atomic mass is 10.1. The third-order valence-corrected chi connectivity index (χ3v) is 2.82. The van der Waals surface area contributed by atoms with Gasteiger partial charge >= 0.3 is 0 Å². The number of nitrogens with zero attached hydrogens (tertiary/aromatic N) is 4. The van der Waals surface area contributed by atoms with Gasteiger partial charge in [0.05, 0.1) is 0 Å². The number of carbonyl (C=O) groups is 1. The minimum atomic E-state index is -0.252. The molecule has 1 aromatic carbocycles. The third kappa shape index (κ3) is 1.44. The van der Waals surface area contributed by atoms with Crippen molar-refractivity contribution in [1.82, 2.24) is 9.97 Å². The first-order valence-electron chi connectivity index (χ1n) is 5.37. The van der Waals surface area contributed by atoms with Gasteiger partial charge in [-0.25, -0.2) is 9.97 Å². The summed E-state index contributed by atoms with van der Waals surface area (Å²) in [6.45, 7) is 0. The average Bonchev–Trinajstić information content (AvgIpc) is 2.72. The lowest BCUT2D eigenvalue weighted by Crippen LogP contribution is -2.05. The molecule has 3 rings (SSSR count). The standard InChI is InChI=1S/C13H5N5O/c14-5-9-13(16-6-15)18-10-7-3-1-2-4-8(7)12(19)11(10)17-9/h1-4H,(H,16,18). The number of fused-ring (bicyclic) bond motifs is 3. The number of ketones is 1. The first-order valence-corrected chi connectivity index (χ1v) is 5.37. The summed E-state index contributed by atoms with van der Waals surface area (Å²) in [4.78, 5) is 20.3. The van der Waals surface area contributed by atoms with E-state index >= 15 is 0 Å². The lowest BCUT2D eigenvalue weighted by molar-refractivity contribution is 0.103. The van der Waals surface area contributed by atoms with Crippen LogP contribution in [0.3, 0.4) is 0 Å². The molecule has 19 heavy (non-hydrogen) atoms. The van der Waals surface area contributed by atoms with Gasteiger partial charge in [-0.05, 0) is 0 Å². The number of nitrogens with one attached hydrogen (secondary N) is 1. The Balaban J connectivity index is 2.31. The van der Waals surface area contributed by atoms with Crippen LogP contribution in [-0.2, 0) is 0 Å². The molecule has 0 spiro atoms. The zero-order valence-corrected chi connectivity index (χ0v) is 9.51. The highest BCUT2D eigenvalue weighted by molar-refractivity contribution is 6.19. The molecular weight excluding hydrogens is 242 g/mol. The van der Waals surface area contributed by atoms with Gasteiger partial charge in [0.1, 0.15) is 17.5 Å². The number of hydrogen-bond acceptors (Lipinski definition) is 6. The second-order valence-electron chi connectivity index (χ2n) is 3.84. The predicted octanol–water partition coefficient (Wildman–Crippen LogP) is 1.45. The van der Waals surface area contributed by atoms with E-state index < -0.39 is 0 Å². The fraction of sp³-hybridized carbons (Fsp3) is 0. The van der Waals surface area contributed by atoms with E-state index in [2.05, 4.69) is 15.3 Å². The van der Waals surface area contributed by atoms with Crippen molar-refractivity contribution in [1.29, 1.82) is 10.5 Å². The predicted molar refractivity (Wildman–Crippen MR) is 64.9 cm³/mol. The molecule has 1 N–H and O–H groups in total. The smallest absolute Gasteiger partial charge is 0.214 e. The SMILES string of the molecule is N#CNc1nc2c(nc1C#N)C(=O)c1ccccc1-2. The van der Waals surface area contributed by atoms with Gasteiger partial charge in [-0.15, -0.1) is 0 Å². The molecule has 0 unspecified atom stereocenters. The van der Waals surface area contributed by atoms with Crippen LogP contribution in [-0.4, -0.2) is 15.8 Å². The van der Waals surface area contributed by atoms with E-state index in [1.807, 2.05) is 6.07 Å². The molecule has 0 aliphatic heterocycles. The van der Waals surface area contributed by atoms with Crippen molar-refractivity contribution >= 4 is 11.6 Å². The second kappa shape index (κ2) is 3.90. The molecule has 1 aliphatic carbocycles. The van der Waals surface area contributed by atoms with Crippen molar-refractivity contribution in [2.75, 3.05) is 5.32 Å². The van der Waals surface area contributed by atoms with Crippen LogP contribution >= 0.6 is 0 Å². The van der Waals surface area contributed by atoms with Gasteiger partial charge in [0.2, 0.25) is 5.78 Å². The highest BCUT2D eigenvalue weighted by Gasteiger charge is 2.30. The molecule has 0 saturated carbocycles. The number of aromatic nitrogens is 2. The van der Waals surface area contributed by atoms with Crippen LogP contribution in [0.25, 0.3) is 11.3 Å². The summed E-state index contributed by atoms with van der Waals surface area (Å²) in [6, 6.07) is 8.81. The van der Waals surface area contributed by atoms with Gasteiger partial charge in [0, 0.05) is 11.1 Å². The topological polar surface area (TPSA) is 102 Å². The van der Waals surface area contributed by atoms with E-state index in [0.29, 0.717) is 16.8 Å². The quantitative estimate of drug-likeness (QED) is 0.515. The normalized spacial score (nSPS) is 11.2. The molecule has 1 aromatic heterocycles. The molecular formula is C13H5N5O. The van der Waals surface area contributed by atoms with Gasteiger partial charge in [0.25, 0.3) is 0 Å². The molecule has 2 aromatic rings. The van der Waals surface area contributed by atoms with Gasteiger partial charge in [-0.2, -0.15) is 10.5 Å². The number of nitriles is 2. The molecule has 0 bridgehead atoms. The van der Waals surface area contributed by atoms with E-state index in [4.69, 9.17) is 10.5 Å². The summed E-state index contributed by atoms with van der Waals surface area (Å²) in [7, 11) is 0. The Hall–Kier alpha value is -3.25. The van der Waals surface area contributed by atoms with E-state index in [-0.39, 0.29) is 23.0 Å². The van der Waals surface area contributed by atoms with Crippen LogP contribution < -0.4 is 5.32 Å². The van der Waals surface area contributed by atoms with Crippen LogP contribution in [0.1, 0.15) is 21.7 Å². The first-order chi connectivity index (χ1) is 9.26. The van der Waals surface area contributed by atoms with E-state index in [0.717, 1.165) is 0 Å². The van der Waals surface area contributed by atoms with E-state index in [1.54, 1.807) is 30.5 Å². The maximum atomic E-state index is 12.1. The van der Waals surface area contributed by atoms with Crippen LogP contribution in [0.5, 0.6) is 0 Å². The number of rotatable bonds is 1. The third-order valence-electron chi connectivity index (χ3n) is 2.82. The fourth-order valence-corrected chi connectivity index (χ4v) is 2.01. The Morgan fingerprint density at radius 2 is 1.79 bits per heavy atom. The van der Waals surface area contributed by atoms with Crippen molar-refractivity contribution in [3.05, 3.63) is 41.2 Å². The van der Waals surface area contributed by atoms with Crippen molar-refractivity contribution in [3.8, 4) is 23.5 Å². The molecule has 0 radical (unpaired) electrons. The van der Waals surface area contributed by atoms with E-state index in [9.17, 15) is 4.79 Å². The van der Waals surface area contributed by atoms with Gasteiger partial charge in [-0.1, -0.05) is 24.3 Å². The Kier molecular flexibility index (Phi) is 2.23. The summed E-state index contributed by atoms with van der Waals surface area (Å²) in [5.74, 6) is -0.189. The van der Waals surface area contributed by atoms with Crippen molar-refractivity contribution in [3.63, 3.8) is 0 Å². The zero-order chi connectivity index (χ0) is 13.4. The number of carbonyl (C=O) groups excluding carboxylic acids is 1. The Morgan fingerprint density at radius 3 is 2.47 bits per heavy atom. The average molecular weight is 247 g/mol. The maximum absolute atomic E-state index is 12.1. The summed E-state index contributed by atoms with van der Waals surface area (Å²) in [5, 5.41) is 19.9. The number of benzene rings is 1. The summed E-state index contributed by atoms with van der Waals surface area (Å²) < 4.78 is 0. The lowest BCUT2D eigenvalue weighted by Gasteiger charge is -2.03. The first kappa shape index (κ1) is 10.9. The Bertz CT molecular complexity index is 798. The van der Waals surface area contributed by atoms with Crippen LogP contribution in [0.15, 0.2) is 24.3 Å². The number of hydrogen-bond donors (Lipinski definition) is 1. The van der Waals surface area contributed by atoms with Crippen molar-refractivity contribution in [2.45, 2.75) is 0 Å². The molecule has 6 heteroatoms. The van der Waals surface area contributed by atoms with Crippen molar-refractivity contribution in [2.24, 2.45) is 0 Å². The largest absolute Gasteiger partial charge is 0.287 e. The van der Waals surface area contributed by atoms with Gasteiger partial charge in [-0.3, -0.25) is 10.1 Å². The van der Waals surface area contributed by atoms with Crippen molar-refractivity contribution < 1.29 is 4.79 Å². The van der Waals surface area contributed by atoms with E-state index in [1.165, 1.54) is 0 Å². The molecule has 1 heterocycles. The zero-order valence-electron chi connectivity index (χ0n) is 9.51. The van der Waals surface area contributed by atoms with Crippen LogP contribution in [0, 0.1) is 22.8 Å². The maximum Gasteiger partial charge on any atom is 0.214 e. The number of anilines is 1. The molecule has 6 nitrogen and oxygen atoms in total.